The molecule has 1 aromatic heterocycles. The van der Waals surface area contributed by atoms with E-state index >= 15 is 0 Å². The number of halogens is 2. The van der Waals surface area contributed by atoms with E-state index in [0.29, 0.717) is 22.1 Å². The molecule has 0 aliphatic heterocycles. The molecular formula is C12H6Br2N2O2. The van der Waals surface area contributed by atoms with Crippen molar-refractivity contribution in [3.05, 3.63) is 33.2 Å². The van der Waals surface area contributed by atoms with Gasteiger partial charge in [-0.15, -0.1) is 0 Å². The summed E-state index contributed by atoms with van der Waals surface area (Å²) in [6.45, 7) is 0. The summed E-state index contributed by atoms with van der Waals surface area (Å²) in [5.41, 5.74) is 1.80. The summed E-state index contributed by atoms with van der Waals surface area (Å²) in [6, 6.07) is 6.47. The van der Waals surface area contributed by atoms with Gasteiger partial charge in [0.25, 0.3) is 0 Å². The van der Waals surface area contributed by atoms with Crippen molar-refractivity contribution in [3.8, 4) is 11.5 Å². The number of nitrogens with zero attached hydrogens (tertiary/aromatic N) is 2. The minimum absolute atomic E-state index is 0.0296. The van der Waals surface area contributed by atoms with Gasteiger partial charge in [-0.25, -0.2) is 9.97 Å². The number of fused-ring (bicyclic) bond motifs is 2. The van der Waals surface area contributed by atoms with E-state index in [2.05, 4.69) is 41.8 Å². The zero-order chi connectivity index (χ0) is 12.9. The summed E-state index contributed by atoms with van der Waals surface area (Å²) in [6.07, 6.45) is 0. The molecule has 4 nitrogen and oxygen atoms in total. The van der Waals surface area contributed by atoms with Crippen molar-refractivity contribution in [2.45, 2.75) is 0 Å². The molecule has 2 N–H and O–H groups in total. The first-order valence-electron chi connectivity index (χ1n) is 5.04. The van der Waals surface area contributed by atoms with Gasteiger partial charge in [-0.05, 0) is 56.1 Å². The monoisotopic (exact) mass is 368 g/mol. The molecule has 0 saturated heterocycles. The Hall–Kier alpha value is -1.40. The van der Waals surface area contributed by atoms with Crippen LogP contribution in [-0.2, 0) is 0 Å². The lowest BCUT2D eigenvalue weighted by molar-refractivity contribution is 0.478. The van der Waals surface area contributed by atoms with Gasteiger partial charge in [-0.3, -0.25) is 0 Å². The van der Waals surface area contributed by atoms with Crippen molar-refractivity contribution in [2.24, 2.45) is 0 Å². The second-order valence-corrected chi connectivity index (χ2v) is 5.46. The van der Waals surface area contributed by atoms with E-state index in [1.54, 1.807) is 12.1 Å². The zero-order valence-corrected chi connectivity index (χ0v) is 12.0. The van der Waals surface area contributed by atoms with Crippen LogP contribution in [0.25, 0.3) is 22.1 Å². The van der Waals surface area contributed by atoms with E-state index in [0.717, 1.165) is 8.95 Å². The smallest absolute Gasteiger partial charge is 0.143 e. The van der Waals surface area contributed by atoms with Gasteiger partial charge in [0.15, 0.2) is 0 Å². The maximum absolute atomic E-state index is 9.80. The van der Waals surface area contributed by atoms with E-state index in [-0.39, 0.29) is 11.5 Å². The maximum Gasteiger partial charge on any atom is 0.143 e. The van der Waals surface area contributed by atoms with Gasteiger partial charge < -0.3 is 10.2 Å². The summed E-state index contributed by atoms with van der Waals surface area (Å²) in [5.74, 6) is 0.0592. The summed E-state index contributed by atoms with van der Waals surface area (Å²) in [7, 11) is 0. The average molecular weight is 370 g/mol. The number of phenolic OH excluding ortho intramolecular Hbond substituents is 2. The first kappa shape index (κ1) is 11.7. The fourth-order valence-electron chi connectivity index (χ4n) is 1.75. The van der Waals surface area contributed by atoms with Gasteiger partial charge in [-0.1, -0.05) is 0 Å². The van der Waals surface area contributed by atoms with E-state index < -0.39 is 0 Å². The highest BCUT2D eigenvalue weighted by molar-refractivity contribution is 9.11. The van der Waals surface area contributed by atoms with Crippen molar-refractivity contribution < 1.29 is 10.2 Å². The molecule has 0 radical (unpaired) electrons. The third-order valence-corrected chi connectivity index (χ3v) is 3.89. The normalized spacial score (nSPS) is 11.2. The van der Waals surface area contributed by atoms with Crippen LogP contribution in [0, 0.1) is 0 Å². The molecule has 0 unspecified atom stereocenters. The van der Waals surface area contributed by atoms with Crippen LogP contribution in [0.1, 0.15) is 0 Å². The Labute approximate surface area is 119 Å². The molecule has 0 bridgehead atoms. The molecule has 0 atom stereocenters. The zero-order valence-electron chi connectivity index (χ0n) is 8.85. The number of aromatic hydroxyl groups is 2. The minimum atomic E-state index is 0.0296. The fourth-order valence-corrected chi connectivity index (χ4v) is 2.56. The highest BCUT2D eigenvalue weighted by Gasteiger charge is 2.13. The lowest BCUT2D eigenvalue weighted by Gasteiger charge is -2.06. The van der Waals surface area contributed by atoms with Gasteiger partial charge in [0.2, 0.25) is 0 Å². The Kier molecular flexibility index (Phi) is 2.64. The quantitative estimate of drug-likeness (QED) is 0.592. The number of phenols is 2. The Morgan fingerprint density at radius 3 is 1.50 bits per heavy atom. The van der Waals surface area contributed by atoms with Crippen molar-refractivity contribution in [3.63, 3.8) is 0 Å². The van der Waals surface area contributed by atoms with Gasteiger partial charge in [0.1, 0.15) is 33.6 Å². The molecule has 0 amide bonds. The number of hydrogen-bond acceptors (Lipinski definition) is 4. The van der Waals surface area contributed by atoms with Gasteiger partial charge in [0.05, 0.1) is 0 Å². The van der Waals surface area contributed by atoms with Crippen LogP contribution in [0.5, 0.6) is 11.5 Å². The third kappa shape index (κ3) is 1.64. The van der Waals surface area contributed by atoms with E-state index in [9.17, 15) is 10.2 Å². The molecule has 0 saturated carbocycles. The highest BCUT2D eigenvalue weighted by atomic mass is 79.9. The van der Waals surface area contributed by atoms with Crippen LogP contribution in [0.4, 0.5) is 0 Å². The molecule has 0 fully saturated rings. The van der Waals surface area contributed by atoms with Crippen LogP contribution in [-0.4, -0.2) is 20.2 Å². The predicted molar refractivity (Wildman–Crippen MR) is 75.8 cm³/mol. The summed E-state index contributed by atoms with van der Waals surface area (Å²) in [4.78, 5) is 8.70. The van der Waals surface area contributed by atoms with Gasteiger partial charge in [-0.2, -0.15) is 0 Å². The number of benzene rings is 2. The average Bonchev–Trinajstić information content (AvgIpc) is 2.37. The van der Waals surface area contributed by atoms with Crippen LogP contribution < -0.4 is 0 Å². The second kappa shape index (κ2) is 4.07. The van der Waals surface area contributed by atoms with Crippen LogP contribution >= 0.6 is 31.9 Å². The van der Waals surface area contributed by atoms with E-state index in [1.165, 1.54) is 12.1 Å². The first-order valence-corrected chi connectivity index (χ1v) is 6.63. The molecule has 1 heterocycles. The molecule has 0 aliphatic carbocycles. The minimum Gasteiger partial charge on any atom is -0.506 e. The lowest BCUT2D eigenvalue weighted by atomic mass is 10.2. The molecule has 0 spiro atoms. The summed E-state index contributed by atoms with van der Waals surface area (Å²) >= 11 is 6.74. The molecule has 0 aliphatic rings. The standard InChI is InChI=1S/C12H6Br2N2O2/c13-5-1-3-7(17)11-9(5)15-10-6(14)2-4-8(18)12(10)16-11/h1-4,17-18H. The van der Waals surface area contributed by atoms with E-state index in [4.69, 9.17) is 0 Å². The number of rotatable bonds is 0. The third-order valence-electron chi connectivity index (χ3n) is 2.61. The molecule has 6 heteroatoms. The Morgan fingerprint density at radius 2 is 1.06 bits per heavy atom. The highest BCUT2D eigenvalue weighted by Crippen LogP contribution is 2.34. The van der Waals surface area contributed by atoms with Gasteiger partial charge >= 0.3 is 0 Å². The molecule has 3 rings (SSSR count). The van der Waals surface area contributed by atoms with Gasteiger partial charge in [0, 0.05) is 8.95 Å². The maximum atomic E-state index is 9.80. The van der Waals surface area contributed by atoms with Crippen molar-refractivity contribution in [1.82, 2.24) is 9.97 Å². The second-order valence-electron chi connectivity index (χ2n) is 3.75. The molecule has 2 aromatic carbocycles. The lowest BCUT2D eigenvalue weighted by Crippen LogP contribution is -1.90. The topological polar surface area (TPSA) is 66.2 Å². The summed E-state index contributed by atoms with van der Waals surface area (Å²) < 4.78 is 1.47. The van der Waals surface area contributed by atoms with Crippen LogP contribution in [0.3, 0.4) is 0 Å². The SMILES string of the molecule is Oc1ccc(Br)c2nc3c(Br)ccc(O)c3nc12. The van der Waals surface area contributed by atoms with Crippen molar-refractivity contribution in [1.29, 1.82) is 0 Å². The van der Waals surface area contributed by atoms with Crippen molar-refractivity contribution >= 4 is 53.9 Å². The molecule has 3 aromatic rings. The predicted octanol–water partition coefficient (Wildman–Crippen LogP) is 3.72. The largest absolute Gasteiger partial charge is 0.506 e. The number of aromatic nitrogens is 2. The molecule has 90 valence electrons. The Morgan fingerprint density at radius 1 is 0.667 bits per heavy atom. The molecular weight excluding hydrogens is 364 g/mol. The Bertz CT molecular complexity index is 661. The van der Waals surface area contributed by atoms with Crippen LogP contribution in [0.15, 0.2) is 33.2 Å². The number of hydrogen-bond donors (Lipinski definition) is 2. The summed E-state index contributed by atoms with van der Waals surface area (Å²) in [5, 5.41) is 19.6. The Balaban J connectivity index is 2.59. The van der Waals surface area contributed by atoms with E-state index in [1.807, 2.05) is 0 Å². The fraction of sp³-hybridized carbons (Fsp3) is 0. The van der Waals surface area contributed by atoms with Crippen LogP contribution in [0.2, 0.25) is 0 Å². The molecule has 18 heavy (non-hydrogen) atoms. The van der Waals surface area contributed by atoms with Crippen molar-refractivity contribution in [2.75, 3.05) is 0 Å². The first-order chi connectivity index (χ1) is 8.58.